The second-order valence-electron chi connectivity index (χ2n) is 1.93. The predicted octanol–water partition coefficient (Wildman–Crippen LogP) is 1.86. The zero-order valence-corrected chi connectivity index (χ0v) is 6.21. The van der Waals surface area contributed by atoms with Gasteiger partial charge in [0.25, 0.3) is 0 Å². The molecule has 0 saturated carbocycles. The Bertz CT molecular complexity index is 242. The molecule has 0 aliphatic rings. The topological polar surface area (TPSA) is 28.7 Å². The van der Waals surface area contributed by atoms with Gasteiger partial charge in [-0.25, -0.2) is 0 Å². The molecule has 0 aliphatic heterocycles. The van der Waals surface area contributed by atoms with E-state index in [2.05, 4.69) is 22.8 Å². The van der Waals surface area contributed by atoms with Crippen LogP contribution in [0.5, 0.6) is 0 Å². The maximum Gasteiger partial charge on any atom is 0.435 e. The van der Waals surface area contributed by atoms with Crippen LogP contribution in [0.1, 0.15) is 11.4 Å². The highest BCUT2D eigenvalue weighted by Gasteiger charge is 2.33. The first-order chi connectivity index (χ1) is 5.04. The lowest BCUT2D eigenvalue weighted by molar-refractivity contribution is -0.141. The van der Waals surface area contributed by atoms with Crippen LogP contribution in [-0.4, -0.2) is 10.2 Å². The Kier molecular flexibility index (Phi) is 2.12. The summed E-state index contributed by atoms with van der Waals surface area (Å²) in [4.78, 5) is 0. The first kappa shape index (κ1) is 8.45. The number of hydrogen-bond acceptors (Lipinski definition) is 2. The average Bonchev–Trinajstić information content (AvgIpc) is 2.32. The van der Waals surface area contributed by atoms with E-state index >= 15 is 0 Å². The van der Waals surface area contributed by atoms with E-state index in [1.54, 1.807) is 0 Å². The third kappa shape index (κ3) is 1.89. The van der Waals surface area contributed by atoms with Crippen molar-refractivity contribution in [1.82, 2.24) is 10.2 Å². The van der Waals surface area contributed by atoms with Crippen LogP contribution in [0, 0.1) is 0 Å². The van der Waals surface area contributed by atoms with Crippen molar-refractivity contribution in [2.75, 3.05) is 0 Å². The summed E-state index contributed by atoms with van der Waals surface area (Å²) in [5.41, 5.74) is -0.540. The molecule has 0 fully saturated rings. The second-order valence-corrected chi connectivity index (χ2v) is 2.25. The Morgan fingerprint density at radius 3 is 2.45 bits per heavy atom. The van der Waals surface area contributed by atoms with E-state index in [1.165, 1.54) is 0 Å². The lowest BCUT2D eigenvalue weighted by Gasteiger charge is -1.98. The largest absolute Gasteiger partial charge is 0.435 e. The number of halogens is 3. The number of aromatic amines is 1. The van der Waals surface area contributed by atoms with Gasteiger partial charge in [0.1, 0.15) is 0 Å². The molecule has 11 heavy (non-hydrogen) atoms. The number of thiol groups is 1. The predicted molar refractivity (Wildman–Crippen MR) is 36.3 cm³/mol. The molecule has 0 aromatic carbocycles. The molecule has 0 aliphatic carbocycles. The Labute approximate surface area is 66.2 Å². The molecular weight excluding hydrogens is 177 g/mol. The molecule has 0 atom stereocenters. The van der Waals surface area contributed by atoms with Crippen molar-refractivity contribution in [3.05, 3.63) is 17.5 Å². The van der Waals surface area contributed by atoms with Gasteiger partial charge in [-0.2, -0.15) is 30.9 Å². The summed E-state index contributed by atoms with van der Waals surface area (Å²) in [6.45, 7) is 0. The first-order valence-electron chi connectivity index (χ1n) is 2.76. The fraction of sp³-hybridized carbons (Fsp3) is 0.400. The van der Waals surface area contributed by atoms with E-state index in [0.717, 1.165) is 6.07 Å². The molecule has 0 unspecified atom stereocenters. The van der Waals surface area contributed by atoms with Crippen LogP contribution in [0.3, 0.4) is 0 Å². The normalized spacial score (nSPS) is 12.0. The molecule has 1 N–H and O–H groups in total. The van der Waals surface area contributed by atoms with Crippen LogP contribution in [0.2, 0.25) is 0 Å². The molecule has 0 amide bonds. The van der Waals surface area contributed by atoms with Gasteiger partial charge in [0.15, 0.2) is 5.69 Å². The summed E-state index contributed by atoms with van der Waals surface area (Å²) in [5.74, 6) is 0.225. The van der Waals surface area contributed by atoms with E-state index in [-0.39, 0.29) is 5.75 Å². The van der Waals surface area contributed by atoms with Gasteiger partial charge in [0, 0.05) is 11.4 Å². The van der Waals surface area contributed by atoms with Crippen LogP contribution in [0.4, 0.5) is 13.2 Å². The standard InChI is InChI=1S/C5H5F3N2S/c6-5(7,8)4-1-3(2-11)9-10-4/h1,11H,2H2,(H,9,10). The van der Waals surface area contributed by atoms with Crippen molar-refractivity contribution in [2.45, 2.75) is 11.9 Å². The van der Waals surface area contributed by atoms with E-state index in [1.807, 2.05) is 0 Å². The van der Waals surface area contributed by atoms with Crippen molar-refractivity contribution in [3.8, 4) is 0 Å². The van der Waals surface area contributed by atoms with E-state index in [9.17, 15) is 13.2 Å². The van der Waals surface area contributed by atoms with Gasteiger partial charge in [0.05, 0.1) is 0 Å². The number of hydrogen-bond donors (Lipinski definition) is 2. The van der Waals surface area contributed by atoms with Gasteiger partial charge in [-0.1, -0.05) is 0 Å². The third-order valence-corrected chi connectivity index (χ3v) is 1.43. The van der Waals surface area contributed by atoms with Gasteiger partial charge in [0.2, 0.25) is 0 Å². The molecule has 2 nitrogen and oxygen atoms in total. The van der Waals surface area contributed by atoms with Crippen LogP contribution in [-0.2, 0) is 11.9 Å². The summed E-state index contributed by atoms with van der Waals surface area (Å²) in [5, 5.41) is 5.27. The number of aromatic nitrogens is 2. The lowest BCUT2D eigenvalue weighted by atomic mass is 10.4. The minimum atomic E-state index is -4.36. The highest BCUT2D eigenvalue weighted by atomic mass is 32.1. The van der Waals surface area contributed by atoms with E-state index < -0.39 is 11.9 Å². The highest BCUT2D eigenvalue weighted by Crippen LogP contribution is 2.27. The first-order valence-corrected chi connectivity index (χ1v) is 3.39. The fourth-order valence-corrected chi connectivity index (χ4v) is 0.750. The Morgan fingerprint density at radius 2 is 2.18 bits per heavy atom. The average molecular weight is 182 g/mol. The Hall–Kier alpha value is -0.650. The van der Waals surface area contributed by atoms with Gasteiger partial charge in [-0.15, -0.1) is 0 Å². The quantitative estimate of drug-likeness (QED) is 0.637. The monoisotopic (exact) mass is 182 g/mol. The minimum Gasteiger partial charge on any atom is -0.281 e. The van der Waals surface area contributed by atoms with Crippen molar-refractivity contribution >= 4 is 12.6 Å². The molecule has 1 heterocycles. The number of nitrogens with one attached hydrogen (secondary N) is 1. The third-order valence-electron chi connectivity index (χ3n) is 1.09. The van der Waals surface area contributed by atoms with Gasteiger partial charge in [-0.05, 0) is 6.07 Å². The molecule has 1 aromatic heterocycles. The van der Waals surface area contributed by atoms with Gasteiger partial charge in [-0.3, -0.25) is 5.10 Å². The van der Waals surface area contributed by atoms with Gasteiger partial charge < -0.3 is 0 Å². The minimum absolute atomic E-state index is 0.225. The molecule has 62 valence electrons. The summed E-state index contributed by atoms with van der Waals surface area (Å²) >= 11 is 3.78. The van der Waals surface area contributed by atoms with Crippen LogP contribution >= 0.6 is 12.6 Å². The number of rotatable bonds is 1. The van der Waals surface area contributed by atoms with Crippen LogP contribution < -0.4 is 0 Å². The number of H-pyrrole nitrogens is 1. The van der Waals surface area contributed by atoms with Crippen molar-refractivity contribution in [3.63, 3.8) is 0 Å². The molecule has 0 radical (unpaired) electrons. The SMILES string of the molecule is FC(F)(F)c1cc(CS)[nH]n1. The molecule has 0 spiro atoms. The van der Waals surface area contributed by atoms with Crippen molar-refractivity contribution in [2.24, 2.45) is 0 Å². The molecular formula is C5H5F3N2S. The maximum atomic E-state index is 11.8. The molecule has 6 heteroatoms. The summed E-state index contributed by atoms with van der Waals surface area (Å²) in [6.07, 6.45) is -4.36. The Balaban J connectivity index is 2.89. The lowest BCUT2D eigenvalue weighted by Crippen LogP contribution is -2.04. The van der Waals surface area contributed by atoms with Gasteiger partial charge >= 0.3 is 6.18 Å². The Morgan fingerprint density at radius 1 is 1.55 bits per heavy atom. The van der Waals surface area contributed by atoms with Crippen LogP contribution in [0.25, 0.3) is 0 Å². The second kappa shape index (κ2) is 2.77. The van der Waals surface area contributed by atoms with Crippen molar-refractivity contribution in [1.29, 1.82) is 0 Å². The van der Waals surface area contributed by atoms with E-state index in [0.29, 0.717) is 5.69 Å². The molecule has 0 bridgehead atoms. The smallest absolute Gasteiger partial charge is 0.281 e. The number of nitrogens with zero attached hydrogens (tertiary/aromatic N) is 1. The highest BCUT2D eigenvalue weighted by molar-refractivity contribution is 7.79. The number of alkyl halides is 3. The van der Waals surface area contributed by atoms with Crippen LogP contribution in [0.15, 0.2) is 6.07 Å². The fourth-order valence-electron chi connectivity index (χ4n) is 0.588. The molecule has 1 rings (SSSR count). The zero-order valence-electron chi connectivity index (χ0n) is 5.31. The zero-order chi connectivity index (χ0) is 8.48. The molecule has 0 saturated heterocycles. The van der Waals surface area contributed by atoms with E-state index in [4.69, 9.17) is 0 Å². The summed E-state index contributed by atoms with van der Waals surface area (Å²) < 4.78 is 35.5. The maximum absolute atomic E-state index is 11.8. The molecule has 1 aromatic rings. The summed E-state index contributed by atoms with van der Waals surface area (Å²) in [7, 11) is 0. The summed E-state index contributed by atoms with van der Waals surface area (Å²) in [6, 6.07) is 0.937. The van der Waals surface area contributed by atoms with Crippen molar-refractivity contribution < 1.29 is 13.2 Å².